The van der Waals surface area contributed by atoms with Gasteiger partial charge in [0, 0.05) is 19.7 Å². The van der Waals surface area contributed by atoms with Crippen LogP contribution in [-0.4, -0.2) is 68.0 Å². The maximum Gasteiger partial charge on any atom is 0.251 e. The largest absolute Gasteiger partial charge is 0.388 e. The Morgan fingerprint density at radius 3 is 2.73 bits per heavy atom. The topological polar surface area (TPSA) is 116 Å². The first-order chi connectivity index (χ1) is 14.4. The normalized spacial score (nSPS) is 24.0. The third-order valence-electron chi connectivity index (χ3n) is 5.45. The minimum absolute atomic E-state index is 0.160. The summed E-state index contributed by atoms with van der Waals surface area (Å²) in [5.41, 5.74) is 1.32. The number of benzene rings is 1. The minimum Gasteiger partial charge on any atom is -0.388 e. The number of aliphatic hydroxyl groups excluding tert-OH is 2. The number of anilines is 1. The monoisotopic (exact) mass is 414 g/mol. The molecule has 4 rings (SSSR count). The number of nitrogens with zero attached hydrogens (tertiary/aromatic N) is 5. The molecule has 1 amide bonds. The van der Waals surface area contributed by atoms with Crippen LogP contribution >= 0.6 is 0 Å². The van der Waals surface area contributed by atoms with Gasteiger partial charge in [0.1, 0.15) is 24.4 Å². The summed E-state index contributed by atoms with van der Waals surface area (Å²) in [6.45, 7) is 0. The number of carbonyl (C=O) groups excluding carboxylic acids is 1. The van der Waals surface area contributed by atoms with E-state index in [1.165, 1.54) is 24.5 Å². The third-order valence-corrected chi connectivity index (χ3v) is 5.45. The van der Waals surface area contributed by atoms with Crippen LogP contribution < -0.4 is 10.2 Å². The second-order valence-corrected chi connectivity index (χ2v) is 7.63. The Hall–Kier alpha value is -3.11. The lowest BCUT2D eigenvalue weighted by molar-refractivity contribution is -0.0552. The highest BCUT2D eigenvalue weighted by molar-refractivity contribution is 5.94. The van der Waals surface area contributed by atoms with Crippen molar-refractivity contribution in [2.45, 2.75) is 37.1 Å². The Bertz CT molecular complexity index is 1070. The van der Waals surface area contributed by atoms with Gasteiger partial charge in [0.05, 0.1) is 18.4 Å². The molecular formula is C20H23FN6O3. The number of aliphatic hydroxyl groups is 2. The van der Waals surface area contributed by atoms with Gasteiger partial charge in [-0.05, 0) is 31.0 Å². The Balaban J connectivity index is 1.53. The Morgan fingerprint density at radius 1 is 1.20 bits per heavy atom. The number of hydrogen-bond donors (Lipinski definition) is 3. The highest BCUT2D eigenvalue weighted by Gasteiger charge is 2.39. The molecular weight excluding hydrogens is 391 g/mol. The zero-order valence-electron chi connectivity index (χ0n) is 16.6. The highest BCUT2D eigenvalue weighted by Crippen LogP contribution is 2.32. The number of halogens is 1. The van der Waals surface area contributed by atoms with Crippen molar-refractivity contribution in [2.75, 3.05) is 19.0 Å². The van der Waals surface area contributed by atoms with Crippen molar-refractivity contribution in [3.8, 4) is 0 Å². The van der Waals surface area contributed by atoms with Crippen molar-refractivity contribution in [3.05, 3.63) is 48.3 Å². The average Bonchev–Trinajstić information content (AvgIpc) is 3.15. The summed E-state index contributed by atoms with van der Waals surface area (Å²) in [4.78, 5) is 27.1. The minimum atomic E-state index is -1.20. The molecule has 2 heterocycles. The number of rotatable bonds is 4. The first-order valence-electron chi connectivity index (χ1n) is 9.64. The molecule has 158 valence electrons. The molecule has 3 aromatic rings. The first kappa shape index (κ1) is 20.2. The zero-order chi connectivity index (χ0) is 21.4. The van der Waals surface area contributed by atoms with Crippen LogP contribution in [0, 0.1) is 5.82 Å². The number of amides is 1. The highest BCUT2D eigenvalue weighted by atomic mass is 19.1. The van der Waals surface area contributed by atoms with Gasteiger partial charge in [0.15, 0.2) is 17.0 Å². The summed E-state index contributed by atoms with van der Waals surface area (Å²) in [6, 6.07) is 4.20. The quantitative estimate of drug-likeness (QED) is 0.580. The van der Waals surface area contributed by atoms with Crippen LogP contribution in [0.25, 0.3) is 11.2 Å². The molecule has 0 saturated heterocycles. The van der Waals surface area contributed by atoms with E-state index in [4.69, 9.17) is 0 Å². The molecule has 4 atom stereocenters. The SMILES string of the molecule is CN(C)c1ncnc2c1ncn2[C@@H]1CC[C@@H](NC(=O)c2cccc(F)c2)[C@@H](O)[C@@H]1O. The molecule has 9 nitrogen and oxygen atoms in total. The predicted molar refractivity (Wildman–Crippen MR) is 108 cm³/mol. The number of carbonyl (C=O) groups is 1. The summed E-state index contributed by atoms with van der Waals surface area (Å²) in [5.74, 6) is -0.358. The lowest BCUT2D eigenvalue weighted by Crippen LogP contribution is -2.54. The van der Waals surface area contributed by atoms with Crippen molar-refractivity contribution in [1.82, 2.24) is 24.8 Å². The molecule has 1 aliphatic carbocycles. The van der Waals surface area contributed by atoms with Crippen LogP contribution in [0.3, 0.4) is 0 Å². The Kier molecular flexibility index (Phi) is 5.35. The number of nitrogens with one attached hydrogen (secondary N) is 1. The van der Waals surface area contributed by atoms with E-state index in [-0.39, 0.29) is 5.56 Å². The Labute approximate surface area is 172 Å². The van der Waals surface area contributed by atoms with E-state index in [0.717, 1.165) is 6.07 Å². The average molecular weight is 414 g/mol. The van der Waals surface area contributed by atoms with Gasteiger partial charge >= 0.3 is 0 Å². The molecule has 1 saturated carbocycles. The molecule has 2 aromatic heterocycles. The van der Waals surface area contributed by atoms with Gasteiger partial charge in [-0.1, -0.05) is 6.07 Å². The number of hydrogen-bond acceptors (Lipinski definition) is 7. The molecule has 30 heavy (non-hydrogen) atoms. The summed E-state index contributed by atoms with van der Waals surface area (Å²) < 4.78 is 15.1. The van der Waals surface area contributed by atoms with E-state index in [1.807, 2.05) is 19.0 Å². The molecule has 0 aliphatic heterocycles. The summed E-state index contributed by atoms with van der Waals surface area (Å²) in [6.07, 6.45) is 1.58. The predicted octanol–water partition coefficient (Wildman–Crippen LogP) is 0.887. The lowest BCUT2D eigenvalue weighted by Gasteiger charge is -2.38. The molecule has 1 aromatic carbocycles. The standard InChI is InChI=1S/C20H23FN6O3/c1-26(2)18-15-19(23-9-22-18)27(10-24-15)14-7-6-13(16(28)17(14)29)25-20(30)11-4-3-5-12(21)8-11/h3-5,8-10,13-14,16-17,28-29H,6-7H2,1-2H3,(H,25,30)/t13-,14-,16-,17-/m1/s1. The molecule has 3 N–H and O–H groups in total. The van der Waals surface area contributed by atoms with Gasteiger partial charge in [0.25, 0.3) is 5.91 Å². The van der Waals surface area contributed by atoms with Crippen molar-refractivity contribution >= 4 is 22.9 Å². The van der Waals surface area contributed by atoms with Gasteiger partial charge in [-0.3, -0.25) is 4.79 Å². The van der Waals surface area contributed by atoms with Gasteiger partial charge in [-0.2, -0.15) is 0 Å². The number of aromatic nitrogens is 4. The Morgan fingerprint density at radius 2 is 2.00 bits per heavy atom. The maximum absolute atomic E-state index is 13.4. The molecule has 1 aliphatic rings. The third kappa shape index (κ3) is 3.59. The maximum atomic E-state index is 13.4. The molecule has 0 radical (unpaired) electrons. The van der Waals surface area contributed by atoms with Crippen LogP contribution in [0.15, 0.2) is 36.9 Å². The van der Waals surface area contributed by atoms with Crippen LogP contribution in [-0.2, 0) is 0 Å². The lowest BCUT2D eigenvalue weighted by atomic mass is 9.85. The first-order valence-corrected chi connectivity index (χ1v) is 9.64. The van der Waals surface area contributed by atoms with Gasteiger partial charge < -0.3 is 25.0 Å². The van der Waals surface area contributed by atoms with Crippen LogP contribution in [0.5, 0.6) is 0 Å². The van der Waals surface area contributed by atoms with Gasteiger partial charge in [-0.25, -0.2) is 19.3 Å². The van der Waals surface area contributed by atoms with Crippen molar-refractivity contribution in [2.24, 2.45) is 0 Å². The second-order valence-electron chi connectivity index (χ2n) is 7.63. The van der Waals surface area contributed by atoms with Crippen molar-refractivity contribution in [1.29, 1.82) is 0 Å². The van der Waals surface area contributed by atoms with Crippen LogP contribution in [0.1, 0.15) is 29.2 Å². The summed E-state index contributed by atoms with van der Waals surface area (Å²) in [5, 5.41) is 24.1. The molecule has 0 spiro atoms. The van der Waals surface area contributed by atoms with E-state index in [0.29, 0.717) is 29.8 Å². The van der Waals surface area contributed by atoms with E-state index >= 15 is 0 Å². The number of imidazole rings is 1. The van der Waals surface area contributed by atoms with E-state index in [1.54, 1.807) is 10.9 Å². The summed E-state index contributed by atoms with van der Waals surface area (Å²) >= 11 is 0. The van der Waals surface area contributed by atoms with Crippen molar-refractivity contribution < 1.29 is 19.4 Å². The number of fused-ring (bicyclic) bond motifs is 1. The smallest absolute Gasteiger partial charge is 0.251 e. The van der Waals surface area contributed by atoms with E-state index in [2.05, 4.69) is 20.3 Å². The summed E-state index contributed by atoms with van der Waals surface area (Å²) in [7, 11) is 3.71. The molecule has 1 fully saturated rings. The van der Waals surface area contributed by atoms with Gasteiger partial charge in [-0.15, -0.1) is 0 Å². The van der Waals surface area contributed by atoms with Gasteiger partial charge in [0.2, 0.25) is 0 Å². The van der Waals surface area contributed by atoms with E-state index in [9.17, 15) is 19.4 Å². The van der Waals surface area contributed by atoms with E-state index < -0.39 is 36.0 Å². The fourth-order valence-electron chi connectivity index (χ4n) is 3.91. The van der Waals surface area contributed by atoms with Crippen LogP contribution in [0.2, 0.25) is 0 Å². The fourth-order valence-corrected chi connectivity index (χ4v) is 3.91. The molecule has 0 bridgehead atoms. The zero-order valence-corrected chi connectivity index (χ0v) is 16.6. The fraction of sp³-hybridized carbons (Fsp3) is 0.400. The van der Waals surface area contributed by atoms with Crippen molar-refractivity contribution in [3.63, 3.8) is 0 Å². The van der Waals surface area contributed by atoms with Crippen LogP contribution in [0.4, 0.5) is 10.2 Å². The second kappa shape index (κ2) is 7.96. The molecule has 0 unspecified atom stereocenters. The molecule has 10 heteroatoms.